The minimum absolute atomic E-state index is 0.210. The Kier molecular flexibility index (Phi) is 5.31. The molecule has 0 heterocycles. The smallest absolute Gasteiger partial charge is 0.335 e. The van der Waals surface area contributed by atoms with Crippen molar-refractivity contribution in [2.45, 2.75) is 0 Å². The molecule has 2 rings (SSSR count). The number of aromatic carboxylic acids is 1. The molecule has 0 amide bonds. The first-order valence-corrected chi connectivity index (χ1v) is 6.86. The highest BCUT2D eigenvalue weighted by molar-refractivity contribution is 6.37. The zero-order chi connectivity index (χ0) is 15.2. The molecule has 0 saturated carbocycles. The van der Waals surface area contributed by atoms with Crippen LogP contribution in [0.4, 0.5) is 0 Å². The van der Waals surface area contributed by atoms with Crippen LogP contribution in [0, 0.1) is 0 Å². The first-order chi connectivity index (χ1) is 10.1. The molecule has 0 aliphatic heterocycles. The molecule has 0 aromatic heterocycles. The van der Waals surface area contributed by atoms with Crippen LogP contribution in [0.3, 0.4) is 0 Å². The van der Waals surface area contributed by atoms with E-state index in [1.54, 1.807) is 30.3 Å². The van der Waals surface area contributed by atoms with Crippen LogP contribution in [0.25, 0.3) is 0 Å². The topological polar surface area (TPSA) is 55.8 Å². The maximum Gasteiger partial charge on any atom is 0.335 e. The van der Waals surface area contributed by atoms with Gasteiger partial charge in [0.25, 0.3) is 0 Å². The maximum absolute atomic E-state index is 10.7. The molecule has 0 aliphatic rings. The van der Waals surface area contributed by atoms with E-state index in [0.29, 0.717) is 21.5 Å². The van der Waals surface area contributed by atoms with Gasteiger partial charge in [-0.3, -0.25) is 0 Å². The molecule has 0 atom stereocenters. The number of para-hydroxylation sites is 1. The molecule has 0 radical (unpaired) electrons. The predicted molar refractivity (Wildman–Crippen MR) is 80.9 cm³/mol. The second-order valence-electron chi connectivity index (χ2n) is 4.08. The summed E-state index contributed by atoms with van der Waals surface area (Å²) in [6, 6.07) is 11.2. The van der Waals surface area contributed by atoms with Gasteiger partial charge in [0, 0.05) is 0 Å². The van der Waals surface area contributed by atoms with Crippen LogP contribution in [-0.4, -0.2) is 24.3 Å². The standard InChI is InChI=1S/C15H12Cl2O4/c16-12-2-1-3-13(17)14(12)21-9-8-20-11-6-4-10(5-7-11)15(18)19/h1-7H,8-9H2,(H,18,19). The van der Waals surface area contributed by atoms with Crippen molar-refractivity contribution in [3.63, 3.8) is 0 Å². The lowest BCUT2D eigenvalue weighted by molar-refractivity contribution is 0.0697. The lowest BCUT2D eigenvalue weighted by Gasteiger charge is -2.10. The Morgan fingerprint density at radius 3 is 2.10 bits per heavy atom. The Bertz CT molecular complexity index is 606. The predicted octanol–water partition coefficient (Wildman–Crippen LogP) is 4.15. The summed E-state index contributed by atoms with van der Waals surface area (Å²) >= 11 is 11.9. The van der Waals surface area contributed by atoms with Crippen LogP contribution in [0.1, 0.15) is 10.4 Å². The van der Waals surface area contributed by atoms with Gasteiger partial charge in [-0.1, -0.05) is 29.3 Å². The number of carboxylic acid groups (broad SMARTS) is 1. The normalized spacial score (nSPS) is 10.2. The zero-order valence-electron chi connectivity index (χ0n) is 10.9. The highest BCUT2D eigenvalue weighted by atomic mass is 35.5. The molecule has 2 aromatic carbocycles. The lowest BCUT2D eigenvalue weighted by atomic mass is 10.2. The second kappa shape index (κ2) is 7.20. The summed E-state index contributed by atoms with van der Waals surface area (Å²) in [5.74, 6) is 0.0118. The molecule has 0 fully saturated rings. The van der Waals surface area contributed by atoms with Crippen LogP contribution in [0.2, 0.25) is 10.0 Å². The van der Waals surface area contributed by atoms with E-state index in [9.17, 15) is 4.79 Å². The average Bonchev–Trinajstić information content (AvgIpc) is 2.46. The van der Waals surface area contributed by atoms with E-state index >= 15 is 0 Å². The van der Waals surface area contributed by atoms with Crippen molar-refractivity contribution in [3.8, 4) is 11.5 Å². The number of ether oxygens (including phenoxy) is 2. The van der Waals surface area contributed by atoms with Gasteiger partial charge in [-0.2, -0.15) is 0 Å². The van der Waals surface area contributed by atoms with E-state index < -0.39 is 5.97 Å². The summed E-state index contributed by atoms with van der Waals surface area (Å²) in [5, 5.41) is 9.66. The summed E-state index contributed by atoms with van der Waals surface area (Å²) < 4.78 is 10.9. The Balaban J connectivity index is 1.83. The van der Waals surface area contributed by atoms with Gasteiger partial charge in [0.2, 0.25) is 0 Å². The quantitative estimate of drug-likeness (QED) is 0.810. The van der Waals surface area contributed by atoms with Gasteiger partial charge in [0.15, 0.2) is 5.75 Å². The van der Waals surface area contributed by atoms with Crippen molar-refractivity contribution in [2.75, 3.05) is 13.2 Å². The number of halogens is 2. The zero-order valence-corrected chi connectivity index (χ0v) is 12.4. The molecular formula is C15H12Cl2O4. The van der Waals surface area contributed by atoms with Crippen molar-refractivity contribution < 1.29 is 19.4 Å². The summed E-state index contributed by atoms with van der Waals surface area (Å²) in [6.45, 7) is 0.554. The van der Waals surface area contributed by atoms with E-state index in [-0.39, 0.29) is 18.8 Å². The summed E-state index contributed by atoms with van der Waals surface area (Å²) in [6.07, 6.45) is 0. The number of rotatable bonds is 6. The third-order valence-electron chi connectivity index (χ3n) is 2.62. The van der Waals surface area contributed by atoms with Crippen molar-refractivity contribution in [2.24, 2.45) is 0 Å². The number of carbonyl (C=O) groups is 1. The van der Waals surface area contributed by atoms with Gasteiger partial charge in [-0.25, -0.2) is 4.79 Å². The van der Waals surface area contributed by atoms with Crippen LogP contribution in [-0.2, 0) is 0 Å². The van der Waals surface area contributed by atoms with Gasteiger partial charge in [0.1, 0.15) is 19.0 Å². The van der Waals surface area contributed by atoms with Crippen molar-refractivity contribution >= 4 is 29.2 Å². The minimum atomic E-state index is -0.974. The minimum Gasteiger partial charge on any atom is -0.490 e. The van der Waals surface area contributed by atoms with Crippen LogP contribution in [0.15, 0.2) is 42.5 Å². The SMILES string of the molecule is O=C(O)c1ccc(OCCOc2c(Cl)cccc2Cl)cc1. The molecule has 0 aliphatic carbocycles. The Labute approximate surface area is 131 Å². The van der Waals surface area contributed by atoms with Gasteiger partial charge in [-0.05, 0) is 36.4 Å². The first-order valence-electron chi connectivity index (χ1n) is 6.11. The Hall–Kier alpha value is -1.91. The number of hydrogen-bond donors (Lipinski definition) is 1. The molecule has 110 valence electrons. The largest absolute Gasteiger partial charge is 0.490 e. The highest BCUT2D eigenvalue weighted by Gasteiger charge is 2.06. The fourth-order valence-corrected chi connectivity index (χ4v) is 2.12. The van der Waals surface area contributed by atoms with E-state index in [0.717, 1.165) is 0 Å². The van der Waals surface area contributed by atoms with Crippen molar-refractivity contribution in [3.05, 3.63) is 58.1 Å². The highest BCUT2D eigenvalue weighted by Crippen LogP contribution is 2.32. The molecule has 21 heavy (non-hydrogen) atoms. The number of hydrogen-bond acceptors (Lipinski definition) is 3. The third-order valence-corrected chi connectivity index (χ3v) is 3.21. The lowest BCUT2D eigenvalue weighted by Crippen LogP contribution is -2.09. The van der Waals surface area contributed by atoms with Crippen molar-refractivity contribution in [1.82, 2.24) is 0 Å². The van der Waals surface area contributed by atoms with E-state index in [2.05, 4.69) is 0 Å². The molecule has 0 unspecified atom stereocenters. The number of benzene rings is 2. The Morgan fingerprint density at radius 1 is 0.952 bits per heavy atom. The second-order valence-corrected chi connectivity index (χ2v) is 4.89. The maximum atomic E-state index is 10.7. The molecule has 4 nitrogen and oxygen atoms in total. The van der Waals surface area contributed by atoms with E-state index in [1.165, 1.54) is 12.1 Å². The van der Waals surface area contributed by atoms with Gasteiger partial charge in [-0.15, -0.1) is 0 Å². The fraction of sp³-hybridized carbons (Fsp3) is 0.133. The summed E-state index contributed by atoms with van der Waals surface area (Å²) in [5.41, 5.74) is 0.210. The van der Waals surface area contributed by atoms with Crippen LogP contribution >= 0.6 is 23.2 Å². The average molecular weight is 327 g/mol. The van der Waals surface area contributed by atoms with E-state index in [1.807, 2.05) is 0 Å². The molecule has 2 aromatic rings. The molecule has 0 spiro atoms. The van der Waals surface area contributed by atoms with Crippen LogP contribution in [0.5, 0.6) is 11.5 Å². The molecular weight excluding hydrogens is 315 g/mol. The summed E-state index contributed by atoms with van der Waals surface area (Å²) in [7, 11) is 0. The summed E-state index contributed by atoms with van der Waals surface area (Å²) in [4.78, 5) is 10.7. The monoisotopic (exact) mass is 326 g/mol. The van der Waals surface area contributed by atoms with Crippen LogP contribution < -0.4 is 9.47 Å². The van der Waals surface area contributed by atoms with Crippen molar-refractivity contribution in [1.29, 1.82) is 0 Å². The van der Waals surface area contributed by atoms with Gasteiger partial charge in [0.05, 0.1) is 15.6 Å². The third kappa shape index (κ3) is 4.28. The number of carboxylic acids is 1. The fourth-order valence-electron chi connectivity index (χ4n) is 1.62. The van der Waals surface area contributed by atoms with Gasteiger partial charge >= 0.3 is 5.97 Å². The van der Waals surface area contributed by atoms with E-state index in [4.69, 9.17) is 37.8 Å². The molecule has 0 bridgehead atoms. The van der Waals surface area contributed by atoms with Gasteiger partial charge < -0.3 is 14.6 Å². The molecule has 1 N–H and O–H groups in total. The molecule has 6 heteroatoms. The Morgan fingerprint density at radius 2 is 1.52 bits per heavy atom. The molecule has 0 saturated heterocycles. The first kappa shape index (κ1) is 15.5.